The van der Waals surface area contributed by atoms with Gasteiger partial charge in [-0.2, -0.15) is 31.3 Å². The lowest BCUT2D eigenvalue weighted by Gasteiger charge is -2.12. The van der Waals surface area contributed by atoms with Crippen molar-refractivity contribution in [3.63, 3.8) is 0 Å². The molecule has 2 N–H and O–H groups in total. The quantitative estimate of drug-likeness (QED) is 0.836. The number of nitrogens with zero attached hydrogens (tertiary/aromatic N) is 2. The van der Waals surface area contributed by atoms with Crippen molar-refractivity contribution in [1.29, 1.82) is 0 Å². The van der Waals surface area contributed by atoms with Crippen LogP contribution < -0.4 is 10.6 Å². The first-order valence-corrected chi connectivity index (χ1v) is 5.06. The first-order valence-electron chi connectivity index (χ1n) is 5.06. The Kier molecular flexibility index (Phi) is 4.43. The fourth-order valence-electron chi connectivity index (χ4n) is 1.13. The molecule has 0 bridgehead atoms. The van der Waals surface area contributed by atoms with Gasteiger partial charge in [0, 0.05) is 19.7 Å². The van der Waals surface area contributed by atoms with Gasteiger partial charge in [0.1, 0.15) is 5.82 Å². The number of hydrogen-bond acceptors (Lipinski definition) is 4. The summed E-state index contributed by atoms with van der Waals surface area (Å²) in [7, 11) is 1.30. The minimum atomic E-state index is -4.70. The molecule has 0 radical (unpaired) electrons. The maximum absolute atomic E-state index is 12.5. The van der Waals surface area contributed by atoms with Crippen LogP contribution in [0.4, 0.5) is 38.1 Å². The molecule has 1 heterocycles. The zero-order chi connectivity index (χ0) is 14.7. The summed E-state index contributed by atoms with van der Waals surface area (Å²) in [4.78, 5) is 6.75. The van der Waals surface area contributed by atoms with E-state index >= 15 is 0 Å². The van der Waals surface area contributed by atoms with E-state index in [4.69, 9.17) is 0 Å². The third-order valence-electron chi connectivity index (χ3n) is 1.95. The molecule has 19 heavy (non-hydrogen) atoms. The van der Waals surface area contributed by atoms with Crippen molar-refractivity contribution in [2.75, 3.05) is 24.2 Å². The Labute approximate surface area is 104 Å². The summed E-state index contributed by atoms with van der Waals surface area (Å²) in [6, 6.07) is 0.553. The lowest BCUT2D eigenvalue weighted by atomic mass is 10.3. The van der Waals surface area contributed by atoms with Crippen molar-refractivity contribution < 1.29 is 26.3 Å². The van der Waals surface area contributed by atoms with Gasteiger partial charge in [0.05, 0.1) is 6.42 Å². The van der Waals surface area contributed by atoms with Crippen LogP contribution in [0.5, 0.6) is 0 Å². The molecule has 0 saturated heterocycles. The predicted molar refractivity (Wildman–Crippen MR) is 55.7 cm³/mol. The molecule has 0 saturated carbocycles. The second-order valence-corrected chi connectivity index (χ2v) is 3.50. The molecule has 0 aliphatic carbocycles. The van der Waals surface area contributed by atoms with Gasteiger partial charge in [-0.1, -0.05) is 0 Å². The van der Waals surface area contributed by atoms with Crippen LogP contribution in [0.15, 0.2) is 6.07 Å². The molecule has 0 spiro atoms. The molecule has 0 aromatic carbocycles. The van der Waals surface area contributed by atoms with Gasteiger partial charge in [0.2, 0.25) is 5.95 Å². The molecule has 0 aliphatic rings. The van der Waals surface area contributed by atoms with Gasteiger partial charge in [-0.3, -0.25) is 0 Å². The van der Waals surface area contributed by atoms with E-state index in [-0.39, 0.29) is 11.8 Å². The fraction of sp³-hybridized carbons (Fsp3) is 0.556. The second-order valence-electron chi connectivity index (χ2n) is 3.50. The van der Waals surface area contributed by atoms with Crippen molar-refractivity contribution in [1.82, 2.24) is 9.97 Å². The van der Waals surface area contributed by atoms with E-state index in [9.17, 15) is 26.3 Å². The van der Waals surface area contributed by atoms with Crippen molar-refractivity contribution >= 4 is 11.8 Å². The van der Waals surface area contributed by atoms with Crippen molar-refractivity contribution in [2.45, 2.75) is 18.8 Å². The first-order chi connectivity index (χ1) is 8.62. The Bertz CT molecular complexity index is 428. The Balaban J connectivity index is 2.83. The van der Waals surface area contributed by atoms with Gasteiger partial charge in [-0.15, -0.1) is 0 Å². The lowest BCUT2D eigenvalue weighted by Crippen LogP contribution is -2.17. The van der Waals surface area contributed by atoms with Gasteiger partial charge >= 0.3 is 12.4 Å². The van der Waals surface area contributed by atoms with Gasteiger partial charge < -0.3 is 10.6 Å². The molecule has 1 aromatic rings. The van der Waals surface area contributed by atoms with E-state index < -0.39 is 31.0 Å². The number of nitrogens with one attached hydrogen (secondary N) is 2. The fourth-order valence-corrected chi connectivity index (χ4v) is 1.13. The summed E-state index contributed by atoms with van der Waals surface area (Å²) in [5.74, 6) is -0.653. The van der Waals surface area contributed by atoms with Crippen LogP contribution in [0.3, 0.4) is 0 Å². The zero-order valence-corrected chi connectivity index (χ0v) is 9.65. The standard InChI is InChI=1S/C9H10F6N4/c1-16-7-18-5(9(13,14)15)4-6(19-7)17-3-2-8(10,11)12/h4H,2-3H2,1H3,(H2,16,17,18,19). The minimum Gasteiger partial charge on any atom is -0.370 e. The molecule has 10 heteroatoms. The summed E-state index contributed by atoms with van der Waals surface area (Å²) >= 11 is 0. The van der Waals surface area contributed by atoms with Crippen LogP contribution in [0, 0.1) is 0 Å². The van der Waals surface area contributed by atoms with Crippen LogP contribution in [0.25, 0.3) is 0 Å². The van der Waals surface area contributed by atoms with Crippen LogP contribution in [0.1, 0.15) is 12.1 Å². The average molecular weight is 288 g/mol. The Morgan fingerprint density at radius 3 is 2.21 bits per heavy atom. The highest BCUT2D eigenvalue weighted by Crippen LogP contribution is 2.29. The Hall–Kier alpha value is -1.74. The molecule has 0 fully saturated rings. The highest BCUT2D eigenvalue weighted by molar-refractivity contribution is 5.42. The van der Waals surface area contributed by atoms with Gasteiger partial charge in [-0.25, -0.2) is 4.98 Å². The van der Waals surface area contributed by atoms with E-state index in [0.29, 0.717) is 6.07 Å². The van der Waals surface area contributed by atoms with Crippen molar-refractivity contribution in [3.8, 4) is 0 Å². The van der Waals surface area contributed by atoms with Crippen LogP contribution in [-0.2, 0) is 6.18 Å². The van der Waals surface area contributed by atoms with Crippen LogP contribution in [-0.4, -0.2) is 29.7 Å². The van der Waals surface area contributed by atoms with Gasteiger partial charge in [0.15, 0.2) is 5.69 Å². The summed E-state index contributed by atoms with van der Waals surface area (Å²) in [5.41, 5.74) is -1.23. The van der Waals surface area contributed by atoms with Crippen LogP contribution >= 0.6 is 0 Å². The molecule has 0 atom stereocenters. The van der Waals surface area contributed by atoms with Crippen molar-refractivity contribution in [2.24, 2.45) is 0 Å². The maximum atomic E-state index is 12.5. The molecule has 1 aromatic heterocycles. The third-order valence-corrected chi connectivity index (χ3v) is 1.95. The first kappa shape index (κ1) is 15.3. The molecule has 0 aliphatic heterocycles. The summed E-state index contributed by atoms with van der Waals surface area (Å²) in [6.07, 6.45) is -10.3. The number of alkyl halides is 6. The number of aromatic nitrogens is 2. The molecular weight excluding hydrogens is 278 g/mol. The normalized spacial score (nSPS) is 12.4. The number of rotatable bonds is 4. The topological polar surface area (TPSA) is 49.8 Å². The number of halogens is 6. The van der Waals surface area contributed by atoms with Gasteiger partial charge in [0.25, 0.3) is 0 Å². The zero-order valence-electron chi connectivity index (χ0n) is 9.65. The second kappa shape index (κ2) is 5.49. The molecule has 0 unspecified atom stereocenters. The average Bonchev–Trinajstić information content (AvgIpc) is 2.25. The molecule has 1 rings (SSSR count). The molecule has 4 nitrogen and oxygen atoms in total. The van der Waals surface area contributed by atoms with E-state index in [2.05, 4.69) is 20.6 Å². The highest BCUT2D eigenvalue weighted by Gasteiger charge is 2.34. The summed E-state index contributed by atoms with van der Waals surface area (Å²) in [5, 5.41) is 4.48. The Morgan fingerprint density at radius 2 is 1.74 bits per heavy atom. The molecular formula is C9H10F6N4. The number of anilines is 2. The van der Waals surface area contributed by atoms with E-state index in [1.807, 2.05) is 0 Å². The third kappa shape index (κ3) is 5.18. The van der Waals surface area contributed by atoms with Crippen LogP contribution in [0.2, 0.25) is 0 Å². The van der Waals surface area contributed by atoms with E-state index in [1.165, 1.54) is 7.05 Å². The van der Waals surface area contributed by atoms with Gasteiger partial charge in [-0.05, 0) is 0 Å². The minimum absolute atomic E-state index is 0.323. The van der Waals surface area contributed by atoms with Crippen molar-refractivity contribution in [3.05, 3.63) is 11.8 Å². The summed E-state index contributed by atoms with van der Waals surface area (Å²) in [6.45, 7) is -0.568. The van der Waals surface area contributed by atoms with E-state index in [1.54, 1.807) is 0 Å². The largest absolute Gasteiger partial charge is 0.433 e. The molecule has 0 amide bonds. The Morgan fingerprint density at radius 1 is 1.11 bits per heavy atom. The predicted octanol–water partition coefficient (Wildman–Crippen LogP) is 2.90. The van der Waals surface area contributed by atoms with E-state index in [0.717, 1.165) is 0 Å². The number of hydrogen-bond donors (Lipinski definition) is 2. The lowest BCUT2D eigenvalue weighted by molar-refractivity contribution is -0.141. The maximum Gasteiger partial charge on any atom is 0.433 e. The molecule has 108 valence electrons. The SMILES string of the molecule is CNc1nc(NCCC(F)(F)F)cc(C(F)(F)F)n1. The highest BCUT2D eigenvalue weighted by atomic mass is 19.4. The smallest absolute Gasteiger partial charge is 0.370 e. The summed E-state index contributed by atoms with van der Waals surface area (Å²) < 4.78 is 73.1. The monoisotopic (exact) mass is 288 g/mol.